The zero-order valence-electron chi connectivity index (χ0n) is 15.6. The molecule has 1 atom stereocenters. The Morgan fingerprint density at radius 2 is 1.81 bits per heavy atom. The summed E-state index contributed by atoms with van der Waals surface area (Å²) in [6.45, 7) is 4.85. The number of benzene rings is 2. The van der Waals surface area contributed by atoms with Crippen LogP contribution in [0.3, 0.4) is 0 Å². The van der Waals surface area contributed by atoms with Crippen LogP contribution in [0.5, 0.6) is 17.2 Å². The monoisotopic (exact) mass is 375 g/mol. The van der Waals surface area contributed by atoms with Crippen molar-refractivity contribution in [3.05, 3.63) is 48.0 Å². The third-order valence-electron chi connectivity index (χ3n) is 3.76. The summed E-state index contributed by atoms with van der Waals surface area (Å²) in [4.78, 5) is 13.4. The first kappa shape index (κ1) is 20.0. The number of hydrogen-bond acceptors (Lipinski definition) is 5. The van der Waals surface area contributed by atoms with Gasteiger partial charge in [-0.1, -0.05) is 18.2 Å². The fraction of sp³-hybridized carbons (Fsp3) is 0.350. The van der Waals surface area contributed by atoms with E-state index >= 15 is 0 Å². The first-order valence-electron chi connectivity index (χ1n) is 8.46. The largest absolute Gasteiger partial charge is 0.494 e. The highest BCUT2D eigenvalue weighted by atomic mass is 32.2. The molecule has 5 nitrogen and oxygen atoms in total. The number of methoxy groups -OCH3 is 2. The lowest BCUT2D eigenvalue weighted by Gasteiger charge is -2.15. The van der Waals surface area contributed by atoms with Crippen molar-refractivity contribution in [2.45, 2.75) is 30.5 Å². The van der Waals surface area contributed by atoms with Gasteiger partial charge in [0.05, 0.1) is 26.1 Å². The van der Waals surface area contributed by atoms with Crippen molar-refractivity contribution in [1.29, 1.82) is 0 Å². The second kappa shape index (κ2) is 9.97. The molecule has 2 rings (SSSR count). The molecule has 2 aromatic rings. The van der Waals surface area contributed by atoms with E-state index in [1.165, 1.54) is 11.8 Å². The van der Waals surface area contributed by atoms with Crippen molar-refractivity contribution < 1.29 is 19.0 Å². The first-order chi connectivity index (χ1) is 12.6. The fourth-order valence-corrected chi connectivity index (χ4v) is 3.34. The lowest BCUT2D eigenvalue weighted by molar-refractivity contribution is -0.120. The Labute approximate surface area is 159 Å². The van der Waals surface area contributed by atoms with Crippen molar-refractivity contribution >= 4 is 17.7 Å². The number of carbonyl (C=O) groups is 1. The van der Waals surface area contributed by atoms with Crippen LogP contribution < -0.4 is 19.5 Å². The van der Waals surface area contributed by atoms with Gasteiger partial charge in [0.25, 0.3) is 0 Å². The molecule has 0 aliphatic heterocycles. The summed E-state index contributed by atoms with van der Waals surface area (Å²) in [5, 5.41) is 2.73. The fourth-order valence-electron chi connectivity index (χ4n) is 2.42. The normalized spacial score (nSPS) is 11.5. The van der Waals surface area contributed by atoms with Crippen LogP contribution in [0.4, 0.5) is 0 Å². The standard InChI is InChI=1S/C20H25NO4S/c1-5-25-17-9-7-6-8-15(17)13-21-20(22)14(2)26-16-10-11-18(23-3)19(12-16)24-4/h6-12,14H,5,13H2,1-4H3,(H,21,22). The molecule has 1 unspecified atom stereocenters. The molecule has 0 saturated heterocycles. The summed E-state index contributed by atoms with van der Waals surface area (Å²) < 4.78 is 16.1. The molecule has 0 saturated carbocycles. The van der Waals surface area contributed by atoms with E-state index in [4.69, 9.17) is 14.2 Å². The number of rotatable bonds is 9. The zero-order valence-corrected chi connectivity index (χ0v) is 16.4. The van der Waals surface area contributed by atoms with E-state index in [0.29, 0.717) is 24.7 Å². The van der Waals surface area contributed by atoms with E-state index in [2.05, 4.69) is 5.32 Å². The minimum atomic E-state index is -0.243. The molecular weight excluding hydrogens is 350 g/mol. The molecule has 2 aromatic carbocycles. The summed E-state index contributed by atoms with van der Waals surface area (Å²) in [5.74, 6) is 2.09. The van der Waals surface area contributed by atoms with Crippen LogP contribution in [0.15, 0.2) is 47.4 Å². The highest BCUT2D eigenvalue weighted by Gasteiger charge is 2.16. The van der Waals surface area contributed by atoms with Gasteiger partial charge in [-0.15, -0.1) is 11.8 Å². The number of nitrogens with one attached hydrogen (secondary N) is 1. The number of hydrogen-bond donors (Lipinski definition) is 1. The Morgan fingerprint density at radius 1 is 1.08 bits per heavy atom. The number of para-hydroxylation sites is 1. The van der Waals surface area contributed by atoms with Gasteiger partial charge >= 0.3 is 0 Å². The van der Waals surface area contributed by atoms with Crippen LogP contribution in [-0.2, 0) is 11.3 Å². The molecule has 0 spiro atoms. The molecule has 1 N–H and O–H groups in total. The zero-order chi connectivity index (χ0) is 18.9. The predicted octanol–water partition coefficient (Wildman–Crippen LogP) is 3.90. The summed E-state index contributed by atoms with van der Waals surface area (Å²) >= 11 is 1.47. The van der Waals surface area contributed by atoms with E-state index in [1.807, 2.05) is 56.3 Å². The van der Waals surface area contributed by atoms with Crippen molar-refractivity contribution in [2.24, 2.45) is 0 Å². The number of amides is 1. The molecule has 0 aromatic heterocycles. The van der Waals surface area contributed by atoms with Gasteiger partial charge in [-0.3, -0.25) is 4.79 Å². The third kappa shape index (κ3) is 5.33. The predicted molar refractivity (Wildman–Crippen MR) is 104 cm³/mol. The molecule has 1 amide bonds. The summed E-state index contributed by atoms with van der Waals surface area (Å²) in [6.07, 6.45) is 0. The van der Waals surface area contributed by atoms with Gasteiger partial charge in [0, 0.05) is 17.0 Å². The lowest BCUT2D eigenvalue weighted by Crippen LogP contribution is -2.30. The number of carbonyl (C=O) groups excluding carboxylic acids is 1. The summed E-state index contributed by atoms with van der Waals surface area (Å²) in [6, 6.07) is 13.4. The van der Waals surface area contributed by atoms with E-state index in [9.17, 15) is 4.79 Å². The van der Waals surface area contributed by atoms with Crippen LogP contribution >= 0.6 is 11.8 Å². The minimum absolute atomic E-state index is 0.0314. The molecule has 0 bridgehead atoms. The van der Waals surface area contributed by atoms with Gasteiger partial charge in [-0.25, -0.2) is 0 Å². The molecule has 0 aliphatic rings. The molecule has 0 aliphatic carbocycles. The third-order valence-corrected chi connectivity index (χ3v) is 4.86. The Kier molecular flexibility index (Phi) is 7.66. The van der Waals surface area contributed by atoms with Gasteiger partial charge in [0.1, 0.15) is 5.75 Å². The van der Waals surface area contributed by atoms with Crippen LogP contribution in [0.1, 0.15) is 19.4 Å². The molecule has 6 heteroatoms. The van der Waals surface area contributed by atoms with Crippen molar-refractivity contribution in [1.82, 2.24) is 5.32 Å². The first-order valence-corrected chi connectivity index (χ1v) is 9.34. The van der Waals surface area contributed by atoms with Gasteiger partial charge in [-0.2, -0.15) is 0 Å². The van der Waals surface area contributed by atoms with Crippen molar-refractivity contribution in [2.75, 3.05) is 20.8 Å². The Morgan fingerprint density at radius 3 is 2.50 bits per heavy atom. The van der Waals surface area contributed by atoms with Gasteiger partial charge in [0.15, 0.2) is 11.5 Å². The summed E-state index contributed by atoms with van der Waals surface area (Å²) in [7, 11) is 3.19. The van der Waals surface area contributed by atoms with E-state index in [0.717, 1.165) is 16.2 Å². The minimum Gasteiger partial charge on any atom is -0.494 e. The maximum Gasteiger partial charge on any atom is 0.233 e. The quantitative estimate of drug-likeness (QED) is 0.674. The molecule has 0 fully saturated rings. The van der Waals surface area contributed by atoms with Crippen LogP contribution in [0.25, 0.3) is 0 Å². The Bertz CT molecular complexity index is 736. The SMILES string of the molecule is CCOc1ccccc1CNC(=O)C(C)Sc1ccc(OC)c(OC)c1. The topological polar surface area (TPSA) is 56.8 Å². The second-order valence-corrected chi connectivity index (χ2v) is 6.95. The number of ether oxygens (including phenoxy) is 3. The van der Waals surface area contributed by atoms with E-state index in [-0.39, 0.29) is 11.2 Å². The highest BCUT2D eigenvalue weighted by molar-refractivity contribution is 8.00. The maximum absolute atomic E-state index is 12.4. The molecule has 140 valence electrons. The Balaban J connectivity index is 1.96. The van der Waals surface area contributed by atoms with Gasteiger partial charge < -0.3 is 19.5 Å². The molecule has 0 radical (unpaired) electrons. The van der Waals surface area contributed by atoms with Crippen LogP contribution in [0, 0.1) is 0 Å². The number of thioether (sulfide) groups is 1. The average molecular weight is 375 g/mol. The van der Waals surface area contributed by atoms with Gasteiger partial charge in [-0.05, 0) is 38.1 Å². The van der Waals surface area contributed by atoms with Gasteiger partial charge in [0.2, 0.25) is 5.91 Å². The second-order valence-electron chi connectivity index (χ2n) is 5.54. The van der Waals surface area contributed by atoms with Crippen molar-refractivity contribution in [3.63, 3.8) is 0 Å². The van der Waals surface area contributed by atoms with E-state index in [1.54, 1.807) is 14.2 Å². The van der Waals surface area contributed by atoms with Crippen LogP contribution in [-0.4, -0.2) is 32.0 Å². The Hall–Kier alpha value is -2.34. The maximum atomic E-state index is 12.4. The van der Waals surface area contributed by atoms with Crippen molar-refractivity contribution in [3.8, 4) is 17.2 Å². The van der Waals surface area contributed by atoms with Crippen LogP contribution in [0.2, 0.25) is 0 Å². The molecule has 0 heterocycles. The molecule has 26 heavy (non-hydrogen) atoms. The average Bonchev–Trinajstić information content (AvgIpc) is 2.67. The lowest BCUT2D eigenvalue weighted by atomic mass is 10.2. The summed E-state index contributed by atoms with van der Waals surface area (Å²) in [5.41, 5.74) is 0.964. The molecular formula is C20H25NO4S. The highest BCUT2D eigenvalue weighted by Crippen LogP contribution is 2.33. The van der Waals surface area contributed by atoms with E-state index < -0.39 is 0 Å². The smallest absolute Gasteiger partial charge is 0.233 e.